The number of carbonyl (C=O) groups is 2. The Morgan fingerprint density at radius 1 is 1.04 bits per heavy atom. The van der Waals surface area contributed by atoms with E-state index in [4.69, 9.17) is 0 Å². The number of allylic oxidation sites excluding steroid dienone is 2. The second-order valence-electron chi connectivity index (χ2n) is 7.84. The lowest BCUT2D eigenvalue weighted by Crippen LogP contribution is -2.40. The van der Waals surface area contributed by atoms with Gasteiger partial charge in [0.25, 0.3) is 0 Å². The van der Waals surface area contributed by atoms with Crippen LogP contribution in [0.1, 0.15) is 17.5 Å². The van der Waals surface area contributed by atoms with E-state index in [9.17, 15) is 9.59 Å². The van der Waals surface area contributed by atoms with Crippen LogP contribution in [0, 0.1) is 49.4 Å². The highest BCUT2D eigenvalue weighted by Gasteiger charge is 2.66. The van der Waals surface area contributed by atoms with Gasteiger partial charge < -0.3 is 5.32 Å². The molecule has 5 aliphatic rings. The van der Waals surface area contributed by atoms with Gasteiger partial charge in [-0.15, -0.1) is 0 Å². The van der Waals surface area contributed by atoms with E-state index in [0.717, 1.165) is 11.3 Å². The summed E-state index contributed by atoms with van der Waals surface area (Å²) >= 11 is 0. The molecule has 4 nitrogen and oxygen atoms in total. The van der Waals surface area contributed by atoms with Crippen molar-refractivity contribution in [3.05, 3.63) is 41.5 Å². The summed E-state index contributed by atoms with van der Waals surface area (Å²) < 4.78 is 0. The SMILES string of the molecule is Cc1cccc(NCN2C(=O)[C@H]3[C@@H]4C=C[C@H]([C@@H]5C[C@H]45)[C@@H]3C2=O)c1C. The first kappa shape index (κ1) is 14.3. The molecular formula is C20H22N2O2. The van der Waals surface area contributed by atoms with Crippen molar-refractivity contribution >= 4 is 17.5 Å². The van der Waals surface area contributed by atoms with E-state index >= 15 is 0 Å². The van der Waals surface area contributed by atoms with Crippen LogP contribution in [0.25, 0.3) is 0 Å². The van der Waals surface area contributed by atoms with Gasteiger partial charge in [0.2, 0.25) is 11.8 Å². The molecule has 2 amide bonds. The number of benzene rings is 1. The van der Waals surface area contributed by atoms with Crippen molar-refractivity contribution in [3.8, 4) is 0 Å². The molecule has 3 fully saturated rings. The lowest BCUT2D eigenvalue weighted by molar-refractivity contribution is -0.139. The summed E-state index contributed by atoms with van der Waals surface area (Å²) in [6, 6.07) is 6.06. The predicted molar refractivity (Wildman–Crippen MR) is 91.0 cm³/mol. The minimum absolute atomic E-state index is 0.0347. The second-order valence-corrected chi connectivity index (χ2v) is 7.84. The minimum atomic E-state index is -0.100. The highest BCUT2D eigenvalue weighted by Crippen LogP contribution is 2.65. The topological polar surface area (TPSA) is 49.4 Å². The highest BCUT2D eigenvalue weighted by atomic mass is 16.2. The largest absolute Gasteiger partial charge is 0.367 e. The van der Waals surface area contributed by atoms with E-state index in [-0.39, 0.29) is 30.3 Å². The average Bonchev–Trinajstić information content (AvgIpc) is 3.35. The maximum atomic E-state index is 12.9. The fraction of sp³-hybridized carbons (Fsp3) is 0.500. The van der Waals surface area contributed by atoms with E-state index in [1.165, 1.54) is 16.9 Å². The van der Waals surface area contributed by atoms with Crippen molar-refractivity contribution in [1.29, 1.82) is 0 Å². The normalized spacial score (nSPS) is 38.3. The van der Waals surface area contributed by atoms with Gasteiger partial charge >= 0.3 is 0 Å². The first-order chi connectivity index (χ1) is 11.6. The molecule has 24 heavy (non-hydrogen) atoms. The van der Waals surface area contributed by atoms with E-state index < -0.39 is 0 Å². The quantitative estimate of drug-likeness (QED) is 0.688. The van der Waals surface area contributed by atoms with Crippen LogP contribution < -0.4 is 5.32 Å². The monoisotopic (exact) mass is 322 g/mol. The van der Waals surface area contributed by atoms with Gasteiger partial charge in [-0.1, -0.05) is 24.3 Å². The van der Waals surface area contributed by atoms with Gasteiger partial charge in [-0.05, 0) is 61.1 Å². The molecule has 124 valence electrons. The molecule has 2 bridgehead atoms. The molecule has 4 aliphatic carbocycles. The zero-order valence-corrected chi connectivity index (χ0v) is 14.0. The summed E-state index contributed by atoms with van der Waals surface area (Å²) in [5.41, 5.74) is 3.36. The van der Waals surface area contributed by atoms with E-state index in [1.54, 1.807) is 0 Å². The number of hydrogen-bond donors (Lipinski definition) is 1. The van der Waals surface area contributed by atoms with Crippen LogP contribution in [0.4, 0.5) is 5.69 Å². The zero-order valence-electron chi connectivity index (χ0n) is 14.0. The van der Waals surface area contributed by atoms with Gasteiger partial charge in [0.05, 0.1) is 18.5 Å². The van der Waals surface area contributed by atoms with Gasteiger partial charge in [-0.25, -0.2) is 0 Å². The Hall–Kier alpha value is -2.10. The average molecular weight is 322 g/mol. The molecule has 1 N–H and O–H groups in total. The highest BCUT2D eigenvalue weighted by molar-refractivity contribution is 6.06. The van der Waals surface area contributed by atoms with Crippen LogP contribution in [0.15, 0.2) is 30.4 Å². The van der Waals surface area contributed by atoms with E-state index in [2.05, 4.69) is 37.4 Å². The van der Waals surface area contributed by atoms with Crippen molar-refractivity contribution in [1.82, 2.24) is 4.90 Å². The molecule has 0 aromatic heterocycles. The molecule has 1 aromatic carbocycles. The summed E-state index contributed by atoms with van der Waals surface area (Å²) in [5, 5.41) is 3.30. The Labute approximate surface area is 141 Å². The summed E-state index contributed by atoms with van der Waals surface area (Å²) in [4.78, 5) is 27.3. The molecule has 4 heteroatoms. The van der Waals surface area contributed by atoms with Crippen molar-refractivity contribution in [2.45, 2.75) is 20.3 Å². The summed E-state index contributed by atoms with van der Waals surface area (Å²) in [5.74, 6) is 1.78. The van der Waals surface area contributed by atoms with Crippen molar-refractivity contribution < 1.29 is 9.59 Å². The standard InChI is InChI=1S/C20H22N2O2/c1-10-4-3-5-16(11(10)2)21-9-22-19(23)17-12-6-7-13(15-8-14(12)15)18(17)20(22)24/h3-7,12-15,17-18,21H,8-9H2,1-2H3/t12-,13-,14-,15+,17+,18+/m1/s1. The lowest BCUT2D eigenvalue weighted by atomic mass is 9.63. The molecule has 1 aromatic rings. The molecule has 0 unspecified atom stereocenters. The van der Waals surface area contributed by atoms with Gasteiger partial charge in [0.1, 0.15) is 0 Å². The number of amides is 2. The number of nitrogens with one attached hydrogen (secondary N) is 1. The number of carbonyl (C=O) groups excluding carboxylic acids is 2. The first-order valence-electron chi connectivity index (χ1n) is 8.91. The molecule has 1 heterocycles. The number of nitrogens with zero attached hydrogens (tertiary/aromatic N) is 1. The third-order valence-corrected chi connectivity index (χ3v) is 6.79. The molecule has 0 radical (unpaired) electrons. The Morgan fingerprint density at radius 2 is 1.67 bits per heavy atom. The molecule has 1 saturated heterocycles. The van der Waals surface area contributed by atoms with Crippen LogP contribution in [0.2, 0.25) is 0 Å². The van der Waals surface area contributed by atoms with Gasteiger partial charge in [-0.2, -0.15) is 0 Å². The van der Waals surface area contributed by atoms with Gasteiger partial charge in [0, 0.05) is 5.69 Å². The second kappa shape index (κ2) is 4.71. The molecular weight excluding hydrogens is 300 g/mol. The number of imide groups is 1. The fourth-order valence-electron chi connectivity index (χ4n) is 5.28. The van der Waals surface area contributed by atoms with Gasteiger partial charge in [0.15, 0.2) is 0 Å². The van der Waals surface area contributed by atoms with Crippen molar-refractivity contribution in [2.24, 2.45) is 35.5 Å². The Balaban J connectivity index is 1.38. The summed E-state index contributed by atoms with van der Waals surface area (Å²) in [6.07, 6.45) is 5.64. The number of aryl methyl sites for hydroxylation is 1. The van der Waals surface area contributed by atoms with Crippen LogP contribution >= 0.6 is 0 Å². The molecule has 6 atom stereocenters. The van der Waals surface area contributed by atoms with Crippen LogP contribution in [0.5, 0.6) is 0 Å². The van der Waals surface area contributed by atoms with Crippen LogP contribution in [-0.2, 0) is 9.59 Å². The van der Waals surface area contributed by atoms with Crippen molar-refractivity contribution in [2.75, 3.05) is 12.0 Å². The lowest BCUT2D eigenvalue weighted by Gasteiger charge is -2.37. The van der Waals surface area contributed by atoms with Crippen LogP contribution in [0.3, 0.4) is 0 Å². The summed E-state index contributed by atoms with van der Waals surface area (Å²) in [6.45, 7) is 4.41. The number of hydrogen-bond acceptors (Lipinski definition) is 3. The number of anilines is 1. The summed E-state index contributed by atoms with van der Waals surface area (Å²) in [7, 11) is 0. The Kier molecular flexibility index (Phi) is 2.80. The molecule has 2 saturated carbocycles. The van der Waals surface area contributed by atoms with Crippen molar-refractivity contribution in [3.63, 3.8) is 0 Å². The van der Waals surface area contributed by atoms with E-state index in [0.29, 0.717) is 23.7 Å². The predicted octanol–water partition coefficient (Wildman–Crippen LogP) is 2.73. The Bertz CT molecular complexity index is 748. The number of rotatable bonds is 3. The maximum Gasteiger partial charge on any atom is 0.235 e. The number of likely N-dealkylation sites (tertiary alicyclic amines) is 1. The third-order valence-electron chi connectivity index (χ3n) is 6.79. The zero-order chi connectivity index (χ0) is 16.6. The molecule has 1 aliphatic heterocycles. The van der Waals surface area contributed by atoms with Crippen LogP contribution in [-0.4, -0.2) is 23.4 Å². The first-order valence-corrected chi connectivity index (χ1v) is 8.91. The molecule has 0 spiro atoms. The van der Waals surface area contributed by atoms with E-state index in [1.807, 2.05) is 12.1 Å². The minimum Gasteiger partial charge on any atom is -0.367 e. The molecule has 6 rings (SSSR count). The van der Waals surface area contributed by atoms with Gasteiger partial charge in [-0.3, -0.25) is 14.5 Å². The maximum absolute atomic E-state index is 12.9. The third kappa shape index (κ3) is 1.74. The smallest absolute Gasteiger partial charge is 0.235 e. The fourth-order valence-corrected chi connectivity index (χ4v) is 5.28. The Morgan fingerprint density at radius 3 is 2.29 bits per heavy atom.